The lowest BCUT2D eigenvalue weighted by Gasteiger charge is -2.15. The number of nitrogens with zero attached hydrogens (tertiary/aromatic N) is 2. The Morgan fingerprint density at radius 1 is 1.25 bits per heavy atom. The summed E-state index contributed by atoms with van der Waals surface area (Å²) in [6, 6.07) is 6.27. The van der Waals surface area contributed by atoms with Gasteiger partial charge in [0.2, 0.25) is 0 Å². The first-order valence-electron chi connectivity index (χ1n) is 5.22. The second kappa shape index (κ2) is 5.01. The molecule has 0 spiro atoms. The Bertz CT molecular complexity index is 473. The molecule has 0 aliphatic carbocycles. The summed E-state index contributed by atoms with van der Waals surface area (Å²) < 4.78 is 5.16. The molecule has 2 aromatic rings. The largest absolute Gasteiger partial charge is 0.383 e. The fourth-order valence-electron chi connectivity index (χ4n) is 1.71. The molecule has 16 heavy (non-hydrogen) atoms. The van der Waals surface area contributed by atoms with Crippen LogP contribution in [0.1, 0.15) is 11.6 Å². The Hall–Kier alpha value is -1.52. The summed E-state index contributed by atoms with van der Waals surface area (Å²) in [6.07, 6.45) is 3.41. The van der Waals surface area contributed by atoms with Crippen molar-refractivity contribution in [2.45, 2.75) is 6.04 Å². The van der Waals surface area contributed by atoms with E-state index >= 15 is 0 Å². The van der Waals surface area contributed by atoms with E-state index in [-0.39, 0.29) is 6.04 Å². The molecule has 1 heterocycles. The van der Waals surface area contributed by atoms with Gasteiger partial charge in [0, 0.05) is 19.5 Å². The molecule has 1 aromatic heterocycles. The van der Waals surface area contributed by atoms with Gasteiger partial charge in [0.15, 0.2) is 0 Å². The maximum atomic E-state index is 5.16. The standard InChI is InChI=1S/C12H15N3O/c1-13-12(8-16-2)9-3-4-10-11(7-9)15-6-5-14-10/h3-7,12-13H,8H2,1-2H3. The lowest BCUT2D eigenvalue weighted by atomic mass is 10.1. The molecule has 0 aliphatic heterocycles. The van der Waals surface area contributed by atoms with Crippen LogP contribution in [0.15, 0.2) is 30.6 Å². The highest BCUT2D eigenvalue weighted by Gasteiger charge is 2.09. The summed E-state index contributed by atoms with van der Waals surface area (Å²) in [7, 11) is 3.62. The van der Waals surface area contributed by atoms with Crippen molar-refractivity contribution in [2.75, 3.05) is 20.8 Å². The van der Waals surface area contributed by atoms with Crippen LogP contribution in [0.4, 0.5) is 0 Å². The number of benzene rings is 1. The third-order valence-electron chi connectivity index (χ3n) is 2.58. The topological polar surface area (TPSA) is 47.0 Å². The molecular weight excluding hydrogens is 202 g/mol. The van der Waals surface area contributed by atoms with Gasteiger partial charge in [-0.1, -0.05) is 6.07 Å². The van der Waals surface area contributed by atoms with Crippen molar-refractivity contribution in [3.63, 3.8) is 0 Å². The summed E-state index contributed by atoms with van der Waals surface area (Å²) in [6.45, 7) is 0.641. The van der Waals surface area contributed by atoms with Gasteiger partial charge in [-0.05, 0) is 24.7 Å². The summed E-state index contributed by atoms with van der Waals surface area (Å²) in [4.78, 5) is 8.53. The molecule has 4 nitrogen and oxygen atoms in total. The zero-order valence-corrected chi connectivity index (χ0v) is 9.47. The van der Waals surface area contributed by atoms with E-state index in [4.69, 9.17) is 4.74 Å². The normalized spacial score (nSPS) is 12.9. The molecule has 0 saturated heterocycles. The Morgan fingerprint density at radius 2 is 2.00 bits per heavy atom. The molecule has 0 radical (unpaired) electrons. The lowest BCUT2D eigenvalue weighted by Crippen LogP contribution is -2.21. The van der Waals surface area contributed by atoms with E-state index in [0.29, 0.717) is 6.61 Å². The van der Waals surface area contributed by atoms with Crippen LogP contribution in [0.2, 0.25) is 0 Å². The third kappa shape index (κ3) is 2.18. The Balaban J connectivity index is 2.37. The van der Waals surface area contributed by atoms with Gasteiger partial charge in [-0.25, -0.2) is 0 Å². The first kappa shape index (κ1) is 11.0. The zero-order valence-electron chi connectivity index (χ0n) is 9.47. The lowest BCUT2D eigenvalue weighted by molar-refractivity contribution is 0.170. The first-order chi connectivity index (χ1) is 7.85. The van der Waals surface area contributed by atoms with Crippen LogP contribution in [0.25, 0.3) is 11.0 Å². The van der Waals surface area contributed by atoms with Crippen molar-refractivity contribution in [1.29, 1.82) is 0 Å². The molecule has 0 aliphatic rings. The van der Waals surface area contributed by atoms with Crippen molar-refractivity contribution < 1.29 is 4.74 Å². The minimum absolute atomic E-state index is 0.191. The van der Waals surface area contributed by atoms with Gasteiger partial charge in [-0.3, -0.25) is 9.97 Å². The van der Waals surface area contributed by atoms with E-state index in [2.05, 4.69) is 21.4 Å². The zero-order chi connectivity index (χ0) is 11.4. The predicted octanol–water partition coefficient (Wildman–Crippen LogP) is 1.54. The summed E-state index contributed by atoms with van der Waals surface area (Å²) in [5.74, 6) is 0. The maximum absolute atomic E-state index is 5.16. The summed E-state index contributed by atoms with van der Waals surface area (Å²) >= 11 is 0. The molecule has 0 fully saturated rings. The quantitative estimate of drug-likeness (QED) is 0.843. The van der Waals surface area contributed by atoms with Crippen LogP contribution in [0.3, 0.4) is 0 Å². The van der Waals surface area contributed by atoms with E-state index in [0.717, 1.165) is 16.6 Å². The summed E-state index contributed by atoms with van der Waals surface area (Å²) in [5, 5.41) is 3.21. The van der Waals surface area contributed by atoms with E-state index in [9.17, 15) is 0 Å². The number of likely N-dealkylation sites (N-methyl/N-ethyl adjacent to an activating group) is 1. The molecule has 0 saturated carbocycles. The molecule has 84 valence electrons. The number of ether oxygens (including phenoxy) is 1. The molecule has 4 heteroatoms. The minimum Gasteiger partial charge on any atom is -0.383 e. The highest BCUT2D eigenvalue weighted by atomic mass is 16.5. The van der Waals surface area contributed by atoms with Gasteiger partial charge in [0.05, 0.1) is 23.7 Å². The third-order valence-corrected chi connectivity index (χ3v) is 2.58. The molecule has 1 atom stereocenters. The number of hydrogen-bond donors (Lipinski definition) is 1. The monoisotopic (exact) mass is 217 g/mol. The highest BCUT2D eigenvalue weighted by molar-refractivity contribution is 5.74. The smallest absolute Gasteiger partial charge is 0.0890 e. The highest BCUT2D eigenvalue weighted by Crippen LogP contribution is 2.17. The van der Waals surface area contributed by atoms with Crippen molar-refractivity contribution in [2.24, 2.45) is 0 Å². The van der Waals surface area contributed by atoms with Crippen LogP contribution in [0.5, 0.6) is 0 Å². The van der Waals surface area contributed by atoms with Crippen LogP contribution in [-0.4, -0.2) is 30.7 Å². The molecule has 1 aromatic carbocycles. The van der Waals surface area contributed by atoms with Crippen LogP contribution >= 0.6 is 0 Å². The van der Waals surface area contributed by atoms with E-state index in [1.807, 2.05) is 19.2 Å². The van der Waals surface area contributed by atoms with Crippen LogP contribution in [-0.2, 0) is 4.74 Å². The van der Waals surface area contributed by atoms with Crippen LogP contribution in [0, 0.1) is 0 Å². The number of methoxy groups -OCH3 is 1. The fraction of sp³-hybridized carbons (Fsp3) is 0.333. The second-order valence-electron chi connectivity index (χ2n) is 3.60. The number of hydrogen-bond acceptors (Lipinski definition) is 4. The molecule has 1 N–H and O–H groups in total. The molecule has 1 unspecified atom stereocenters. The molecule has 0 amide bonds. The van der Waals surface area contributed by atoms with E-state index in [1.54, 1.807) is 19.5 Å². The van der Waals surface area contributed by atoms with Gasteiger partial charge in [0.1, 0.15) is 0 Å². The number of nitrogens with one attached hydrogen (secondary N) is 1. The maximum Gasteiger partial charge on any atom is 0.0890 e. The van der Waals surface area contributed by atoms with Crippen molar-refractivity contribution in [1.82, 2.24) is 15.3 Å². The van der Waals surface area contributed by atoms with E-state index in [1.165, 1.54) is 0 Å². The van der Waals surface area contributed by atoms with Crippen molar-refractivity contribution in [3.05, 3.63) is 36.2 Å². The number of rotatable bonds is 4. The molecular formula is C12H15N3O. The van der Waals surface area contributed by atoms with Gasteiger partial charge in [-0.2, -0.15) is 0 Å². The van der Waals surface area contributed by atoms with E-state index < -0.39 is 0 Å². The average molecular weight is 217 g/mol. The fourth-order valence-corrected chi connectivity index (χ4v) is 1.71. The first-order valence-corrected chi connectivity index (χ1v) is 5.22. The van der Waals surface area contributed by atoms with Gasteiger partial charge in [-0.15, -0.1) is 0 Å². The number of aromatic nitrogens is 2. The van der Waals surface area contributed by atoms with Gasteiger partial charge in [0.25, 0.3) is 0 Å². The molecule has 2 rings (SSSR count). The second-order valence-corrected chi connectivity index (χ2v) is 3.60. The Morgan fingerprint density at radius 3 is 2.69 bits per heavy atom. The van der Waals surface area contributed by atoms with Crippen molar-refractivity contribution >= 4 is 11.0 Å². The minimum atomic E-state index is 0.191. The molecule has 0 bridgehead atoms. The van der Waals surface area contributed by atoms with Crippen LogP contribution < -0.4 is 5.32 Å². The van der Waals surface area contributed by atoms with Crippen molar-refractivity contribution in [3.8, 4) is 0 Å². The van der Waals surface area contributed by atoms with Gasteiger partial charge < -0.3 is 10.1 Å². The number of fused-ring (bicyclic) bond motifs is 1. The average Bonchev–Trinajstić information content (AvgIpc) is 2.35. The SMILES string of the molecule is CNC(COC)c1ccc2nccnc2c1. The van der Waals surface area contributed by atoms with Gasteiger partial charge >= 0.3 is 0 Å². The predicted molar refractivity (Wildman–Crippen MR) is 63.2 cm³/mol. The Labute approximate surface area is 94.7 Å². The summed E-state index contributed by atoms with van der Waals surface area (Å²) in [5.41, 5.74) is 2.99. The Kier molecular flexibility index (Phi) is 3.44.